The fourth-order valence-corrected chi connectivity index (χ4v) is 6.16. The number of hydrogen-bond donors (Lipinski definition) is 3. The Morgan fingerprint density at radius 2 is 2.00 bits per heavy atom. The van der Waals surface area contributed by atoms with Crippen molar-refractivity contribution in [1.82, 2.24) is 35.3 Å². The van der Waals surface area contributed by atoms with Crippen LogP contribution >= 0.6 is 23.5 Å². The molecule has 16 heteroatoms. The van der Waals surface area contributed by atoms with E-state index >= 15 is 0 Å². The molecule has 38 heavy (non-hydrogen) atoms. The summed E-state index contributed by atoms with van der Waals surface area (Å²) in [4.78, 5) is 63.6. The topological polar surface area (TPSA) is 180 Å². The zero-order chi connectivity index (χ0) is 27.6. The monoisotopic (exact) mass is 560 g/mol. The van der Waals surface area contributed by atoms with Crippen molar-refractivity contribution in [3.63, 3.8) is 0 Å². The normalized spacial score (nSPS) is 18.4. The molecule has 2 aliphatic heterocycles. The molecule has 4 rings (SSSR count). The maximum Gasteiger partial charge on any atom is 0.352 e. The van der Waals surface area contributed by atoms with Crippen molar-refractivity contribution < 1.29 is 29.1 Å². The maximum atomic E-state index is 12.9. The van der Waals surface area contributed by atoms with Crippen LogP contribution in [-0.2, 0) is 32.6 Å². The number of nitrogens with zero attached hydrogens (tertiary/aromatic N) is 6. The van der Waals surface area contributed by atoms with Crippen LogP contribution in [0.3, 0.4) is 0 Å². The number of urea groups is 1. The lowest BCUT2D eigenvalue weighted by Gasteiger charge is -2.49. The van der Waals surface area contributed by atoms with Crippen LogP contribution in [0.15, 0.2) is 40.7 Å². The zero-order valence-corrected chi connectivity index (χ0v) is 22.2. The summed E-state index contributed by atoms with van der Waals surface area (Å²) in [5.74, 6) is -2.00. The van der Waals surface area contributed by atoms with Gasteiger partial charge in [0.2, 0.25) is 17.0 Å². The van der Waals surface area contributed by atoms with Gasteiger partial charge in [0, 0.05) is 38.2 Å². The number of imide groups is 1. The summed E-state index contributed by atoms with van der Waals surface area (Å²) in [6.45, 7) is 1.25. The van der Waals surface area contributed by atoms with Crippen molar-refractivity contribution in [2.24, 2.45) is 7.05 Å². The molecule has 0 radical (unpaired) electrons. The molecule has 1 saturated heterocycles. The standard InChI is InChI=1S/C22H24N8O6S2/c1-11(31)28(2)21(36)23-14-7-5-4-6-12(14)8-15(32)24-16-18(33)30-17(20(34)35)13(9-37-19(16)30)10-38-22-25-26-27-29(22)3/h4-7,16,19H,8-10H2,1-3H3,(H,23,36)(H,24,32)(H,34,35)/t16?,19-/m1/s1. The van der Waals surface area contributed by atoms with Gasteiger partial charge >= 0.3 is 12.0 Å². The average molecular weight is 561 g/mol. The molecule has 14 nitrogen and oxygen atoms in total. The van der Waals surface area contributed by atoms with E-state index < -0.39 is 41.1 Å². The molecule has 0 saturated carbocycles. The number of rotatable bonds is 8. The lowest BCUT2D eigenvalue weighted by molar-refractivity contribution is -0.150. The molecule has 1 fully saturated rings. The number of nitrogens with one attached hydrogen (secondary N) is 2. The Bertz CT molecular complexity index is 1340. The van der Waals surface area contributed by atoms with E-state index in [2.05, 4.69) is 26.2 Å². The van der Waals surface area contributed by atoms with Crippen molar-refractivity contribution in [2.45, 2.75) is 29.9 Å². The number of amides is 5. The molecule has 0 aliphatic carbocycles. The SMILES string of the molecule is CC(=O)N(C)C(=O)Nc1ccccc1CC(=O)NC1C(=O)N2C(C(=O)O)=C(CSc3nnnn3C)CS[C@H]12. The Balaban J connectivity index is 1.41. The van der Waals surface area contributed by atoms with E-state index in [0.717, 1.165) is 4.90 Å². The summed E-state index contributed by atoms with van der Waals surface area (Å²) in [5.41, 5.74) is 1.31. The highest BCUT2D eigenvalue weighted by molar-refractivity contribution is 8.01. The first-order chi connectivity index (χ1) is 18.1. The van der Waals surface area contributed by atoms with Crippen molar-refractivity contribution in [1.29, 1.82) is 0 Å². The van der Waals surface area contributed by atoms with Crippen LogP contribution in [0, 0.1) is 0 Å². The molecule has 3 heterocycles. The lowest BCUT2D eigenvalue weighted by Crippen LogP contribution is -2.70. The van der Waals surface area contributed by atoms with Crippen molar-refractivity contribution >= 4 is 58.9 Å². The van der Waals surface area contributed by atoms with Crippen LogP contribution in [-0.4, -0.2) is 94.8 Å². The fourth-order valence-electron chi connectivity index (χ4n) is 3.83. The molecule has 0 spiro atoms. The Morgan fingerprint density at radius 3 is 2.66 bits per heavy atom. The number of aliphatic carboxylic acids is 1. The van der Waals surface area contributed by atoms with E-state index in [4.69, 9.17) is 0 Å². The summed E-state index contributed by atoms with van der Waals surface area (Å²) in [5, 5.41) is 26.3. The van der Waals surface area contributed by atoms with Crippen LogP contribution in [0.2, 0.25) is 0 Å². The number of carbonyl (C=O) groups excluding carboxylic acids is 4. The minimum absolute atomic E-state index is 0.0884. The molecule has 2 aliphatic rings. The van der Waals surface area contributed by atoms with Gasteiger partial charge in [0.1, 0.15) is 17.1 Å². The number of benzene rings is 1. The lowest BCUT2D eigenvalue weighted by atomic mass is 10.0. The fraction of sp³-hybridized carbons (Fsp3) is 0.364. The second-order valence-electron chi connectivity index (χ2n) is 8.43. The molecule has 2 atom stereocenters. The second kappa shape index (κ2) is 11.2. The van der Waals surface area contributed by atoms with Crippen molar-refractivity contribution in [3.8, 4) is 0 Å². The van der Waals surface area contributed by atoms with Gasteiger partial charge in [-0.3, -0.25) is 24.2 Å². The number of carboxylic acid groups (broad SMARTS) is 1. The number of aromatic nitrogens is 4. The number of tetrazole rings is 1. The number of anilines is 1. The highest BCUT2D eigenvalue weighted by Gasteiger charge is 2.54. The van der Waals surface area contributed by atoms with Gasteiger partial charge in [-0.25, -0.2) is 14.3 Å². The molecular weight excluding hydrogens is 536 g/mol. The minimum Gasteiger partial charge on any atom is -0.477 e. The molecule has 2 aromatic rings. The molecule has 5 amide bonds. The highest BCUT2D eigenvalue weighted by Crippen LogP contribution is 2.41. The van der Waals surface area contributed by atoms with Crippen LogP contribution in [0.4, 0.5) is 10.5 Å². The van der Waals surface area contributed by atoms with Crippen LogP contribution < -0.4 is 10.6 Å². The number of para-hydroxylation sites is 1. The molecular formula is C22H24N8O6S2. The largest absolute Gasteiger partial charge is 0.477 e. The maximum absolute atomic E-state index is 12.9. The first-order valence-electron chi connectivity index (χ1n) is 11.3. The zero-order valence-electron chi connectivity index (χ0n) is 20.6. The highest BCUT2D eigenvalue weighted by atomic mass is 32.2. The summed E-state index contributed by atoms with van der Waals surface area (Å²) in [6, 6.07) is 5.08. The number of hydrogen-bond acceptors (Lipinski definition) is 10. The Labute approximate surface area is 225 Å². The van der Waals surface area contributed by atoms with Gasteiger partial charge in [0.05, 0.1) is 6.42 Å². The molecule has 1 aromatic heterocycles. The quantitative estimate of drug-likeness (QED) is 0.298. The van der Waals surface area contributed by atoms with E-state index in [1.165, 1.54) is 47.1 Å². The van der Waals surface area contributed by atoms with Gasteiger partial charge in [-0.15, -0.1) is 16.9 Å². The molecule has 1 unspecified atom stereocenters. The first-order valence-corrected chi connectivity index (χ1v) is 13.3. The third-order valence-corrected chi connectivity index (χ3v) is 8.35. The summed E-state index contributed by atoms with van der Waals surface area (Å²) in [7, 11) is 3.00. The van der Waals surface area contributed by atoms with Gasteiger partial charge in [-0.1, -0.05) is 30.0 Å². The predicted octanol–water partition coefficient (Wildman–Crippen LogP) is 0.294. The average Bonchev–Trinajstić information content (AvgIpc) is 3.30. The van der Waals surface area contributed by atoms with Gasteiger partial charge in [-0.2, -0.15) is 0 Å². The Hall–Kier alpha value is -3.92. The Morgan fingerprint density at radius 1 is 1.26 bits per heavy atom. The van der Waals surface area contributed by atoms with Gasteiger partial charge in [0.25, 0.3) is 5.91 Å². The predicted molar refractivity (Wildman–Crippen MR) is 137 cm³/mol. The van der Waals surface area contributed by atoms with Crippen LogP contribution in [0.1, 0.15) is 12.5 Å². The van der Waals surface area contributed by atoms with Gasteiger partial charge in [-0.05, 0) is 27.6 Å². The van der Waals surface area contributed by atoms with Gasteiger partial charge < -0.3 is 15.7 Å². The summed E-state index contributed by atoms with van der Waals surface area (Å²) in [6.07, 6.45) is -0.142. The minimum atomic E-state index is -1.22. The van der Waals surface area contributed by atoms with Crippen molar-refractivity contribution in [3.05, 3.63) is 41.1 Å². The molecule has 1 aromatic carbocycles. The number of fused-ring (bicyclic) bond motifs is 1. The molecule has 200 valence electrons. The van der Waals surface area contributed by atoms with Crippen LogP contribution in [0.25, 0.3) is 0 Å². The number of aryl methyl sites for hydroxylation is 1. The van der Waals surface area contributed by atoms with E-state index in [0.29, 0.717) is 27.7 Å². The van der Waals surface area contributed by atoms with Crippen molar-refractivity contribution in [2.75, 3.05) is 23.9 Å². The number of carboxylic acids is 1. The summed E-state index contributed by atoms with van der Waals surface area (Å²) >= 11 is 2.63. The smallest absolute Gasteiger partial charge is 0.352 e. The van der Waals surface area contributed by atoms with Gasteiger partial charge in [0.15, 0.2) is 0 Å². The van der Waals surface area contributed by atoms with E-state index in [1.54, 1.807) is 31.3 Å². The van der Waals surface area contributed by atoms with E-state index in [1.807, 2.05) is 0 Å². The molecule has 3 N–H and O–H groups in total. The van der Waals surface area contributed by atoms with E-state index in [9.17, 15) is 29.1 Å². The number of carbonyl (C=O) groups is 5. The Kier molecular flexibility index (Phi) is 8.01. The number of β-lactam (4-membered cyclic amide) rings is 1. The third kappa shape index (κ3) is 5.50. The molecule has 0 bridgehead atoms. The summed E-state index contributed by atoms with van der Waals surface area (Å²) < 4.78 is 1.47. The number of thioether (sulfide) groups is 2. The van der Waals surface area contributed by atoms with Crippen LogP contribution in [0.5, 0.6) is 0 Å². The third-order valence-electron chi connectivity index (χ3n) is 5.91. The second-order valence-corrected chi connectivity index (χ2v) is 10.5. The van der Waals surface area contributed by atoms with E-state index in [-0.39, 0.29) is 17.9 Å². The first kappa shape index (κ1) is 27.1.